The first-order chi connectivity index (χ1) is 13.6. The van der Waals surface area contributed by atoms with E-state index in [0.717, 1.165) is 11.1 Å². The summed E-state index contributed by atoms with van der Waals surface area (Å²) in [4.78, 5) is 12.7. The number of hydrogen-bond acceptors (Lipinski definition) is 4. The molecule has 140 valence electrons. The van der Waals surface area contributed by atoms with Gasteiger partial charge in [-0.05, 0) is 31.2 Å². The van der Waals surface area contributed by atoms with Gasteiger partial charge in [-0.2, -0.15) is 0 Å². The van der Waals surface area contributed by atoms with Crippen LogP contribution < -0.4 is 9.47 Å². The quantitative estimate of drug-likeness (QED) is 0.486. The first-order valence-electron chi connectivity index (χ1n) is 9.04. The number of carbonyl (C=O) groups is 1. The molecule has 1 aliphatic heterocycles. The lowest BCUT2D eigenvalue weighted by atomic mass is 9.79. The Labute approximate surface area is 163 Å². The lowest BCUT2D eigenvalue weighted by Gasteiger charge is -2.30. The Morgan fingerprint density at radius 2 is 1.61 bits per heavy atom. The first-order valence-corrected chi connectivity index (χ1v) is 9.04. The van der Waals surface area contributed by atoms with Crippen LogP contribution in [0.5, 0.6) is 17.2 Å². The fourth-order valence-corrected chi connectivity index (χ4v) is 3.64. The van der Waals surface area contributed by atoms with E-state index in [0.29, 0.717) is 28.4 Å². The van der Waals surface area contributed by atoms with Gasteiger partial charge < -0.3 is 14.6 Å². The lowest BCUT2D eigenvalue weighted by molar-refractivity contribution is -0.113. The Balaban J connectivity index is 2.00. The summed E-state index contributed by atoms with van der Waals surface area (Å²) in [5, 5.41) is 11.1. The number of fused-ring (bicyclic) bond motifs is 2. The van der Waals surface area contributed by atoms with Gasteiger partial charge >= 0.3 is 0 Å². The van der Waals surface area contributed by atoms with Gasteiger partial charge in [-0.15, -0.1) is 0 Å². The number of ether oxygens (including phenoxy) is 2. The molecule has 28 heavy (non-hydrogen) atoms. The van der Waals surface area contributed by atoms with Crippen molar-refractivity contribution in [2.45, 2.75) is 12.8 Å². The van der Waals surface area contributed by atoms with Crippen molar-refractivity contribution in [3.05, 3.63) is 95.1 Å². The minimum atomic E-state index is -0.465. The molecule has 0 unspecified atom stereocenters. The smallest absolute Gasteiger partial charge is 0.160 e. The van der Waals surface area contributed by atoms with Gasteiger partial charge in [0, 0.05) is 28.2 Å². The van der Waals surface area contributed by atoms with Gasteiger partial charge in [0.15, 0.2) is 5.78 Å². The van der Waals surface area contributed by atoms with E-state index in [1.807, 2.05) is 60.7 Å². The maximum absolute atomic E-state index is 12.7. The molecule has 4 nitrogen and oxygen atoms in total. The van der Waals surface area contributed by atoms with Crippen LogP contribution >= 0.6 is 0 Å². The van der Waals surface area contributed by atoms with Gasteiger partial charge in [0.05, 0.1) is 7.11 Å². The minimum Gasteiger partial charge on any atom is -0.507 e. The molecule has 4 rings (SSSR count). The van der Waals surface area contributed by atoms with Gasteiger partial charge in [-0.1, -0.05) is 48.5 Å². The van der Waals surface area contributed by atoms with Gasteiger partial charge in [-0.25, -0.2) is 0 Å². The van der Waals surface area contributed by atoms with Crippen molar-refractivity contribution in [2.75, 3.05) is 7.11 Å². The molecule has 0 saturated heterocycles. The maximum Gasteiger partial charge on any atom is 0.160 e. The maximum atomic E-state index is 12.7. The number of Topliss-reactive ketones (excluding diaryl/α,β-unsaturated/α-hetero) is 1. The first kappa shape index (κ1) is 17.9. The van der Waals surface area contributed by atoms with Gasteiger partial charge in [-0.3, -0.25) is 4.79 Å². The number of ketones is 1. The molecule has 1 N–H and O–H groups in total. The van der Waals surface area contributed by atoms with Crippen LogP contribution in [0.25, 0.3) is 5.76 Å². The number of benzene rings is 3. The molecule has 1 atom stereocenters. The van der Waals surface area contributed by atoms with E-state index in [9.17, 15) is 9.90 Å². The highest BCUT2D eigenvalue weighted by molar-refractivity contribution is 6.02. The molecular formula is C24H20O4. The van der Waals surface area contributed by atoms with Crippen LogP contribution in [-0.2, 0) is 4.79 Å². The van der Waals surface area contributed by atoms with Crippen LogP contribution in [0.15, 0.2) is 78.4 Å². The van der Waals surface area contributed by atoms with Crippen LogP contribution in [0.1, 0.15) is 29.5 Å². The van der Waals surface area contributed by atoms with Gasteiger partial charge in [0.25, 0.3) is 0 Å². The van der Waals surface area contributed by atoms with E-state index < -0.39 is 5.92 Å². The van der Waals surface area contributed by atoms with Crippen LogP contribution in [0, 0.1) is 0 Å². The summed E-state index contributed by atoms with van der Waals surface area (Å²) in [7, 11) is 1.59. The zero-order chi connectivity index (χ0) is 19.7. The average Bonchev–Trinajstić information content (AvgIpc) is 2.73. The van der Waals surface area contributed by atoms with E-state index in [1.54, 1.807) is 19.2 Å². The molecule has 0 aromatic heterocycles. The highest BCUT2D eigenvalue weighted by Gasteiger charge is 2.34. The highest BCUT2D eigenvalue weighted by Crippen LogP contribution is 2.49. The van der Waals surface area contributed by atoms with Crippen molar-refractivity contribution >= 4 is 11.5 Å². The van der Waals surface area contributed by atoms with Crippen LogP contribution in [-0.4, -0.2) is 18.0 Å². The van der Waals surface area contributed by atoms with Crippen LogP contribution in [0.2, 0.25) is 0 Å². The number of aliphatic hydroxyl groups excluding tert-OH is 1. The zero-order valence-corrected chi connectivity index (χ0v) is 15.7. The van der Waals surface area contributed by atoms with Crippen LogP contribution in [0.3, 0.4) is 0 Å². The molecule has 1 heterocycles. The Bertz CT molecular complexity index is 1070. The Kier molecular flexibility index (Phi) is 4.62. The molecule has 3 aromatic rings. The predicted molar refractivity (Wildman–Crippen MR) is 108 cm³/mol. The minimum absolute atomic E-state index is 0.0245. The van der Waals surface area contributed by atoms with E-state index in [1.165, 1.54) is 6.92 Å². The van der Waals surface area contributed by atoms with Crippen molar-refractivity contribution < 1.29 is 19.4 Å². The van der Waals surface area contributed by atoms with Crippen LogP contribution in [0.4, 0.5) is 0 Å². The summed E-state index contributed by atoms with van der Waals surface area (Å²) in [5.74, 6) is 1.29. The number of allylic oxidation sites excluding steroid dienone is 1. The second-order valence-corrected chi connectivity index (χ2v) is 6.66. The predicted octanol–water partition coefficient (Wildman–Crippen LogP) is 5.49. The van der Waals surface area contributed by atoms with Crippen molar-refractivity contribution in [1.82, 2.24) is 0 Å². The van der Waals surface area contributed by atoms with E-state index >= 15 is 0 Å². The molecule has 0 spiro atoms. The third-order valence-corrected chi connectivity index (χ3v) is 4.95. The lowest BCUT2D eigenvalue weighted by Crippen LogP contribution is -2.18. The number of hydrogen-bond donors (Lipinski definition) is 1. The number of methoxy groups -OCH3 is 1. The van der Waals surface area contributed by atoms with Crippen molar-refractivity contribution in [3.8, 4) is 17.2 Å². The standard InChI is InChI=1S/C24H20O4/c1-15(25)22(24(26)16-8-4-3-5-9-16)23-18-10-6-7-11-20(18)28-21-13-12-17(27-2)14-19(21)23/h3-14,23,26H,1-2H3/b24-22+/t23-/m1/s1. The number of para-hydroxylation sites is 1. The summed E-state index contributed by atoms with van der Waals surface area (Å²) >= 11 is 0. The summed E-state index contributed by atoms with van der Waals surface area (Å²) in [5.41, 5.74) is 2.54. The molecule has 0 amide bonds. The summed E-state index contributed by atoms with van der Waals surface area (Å²) in [6, 6.07) is 22.2. The SMILES string of the molecule is COc1ccc2c(c1)[C@H](/C(C(C)=O)=C(/O)c1ccccc1)c1ccccc1O2. The van der Waals surface area contributed by atoms with Gasteiger partial charge in [0.1, 0.15) is 23.0 Å². The van der Waals surface area contributed by atoms with E-state index in [4.69, 9.17) is 9.47 Å². The molecule has 3 aromatic carbocycles. The molecule has 0 saturated carbocycles. The van der Waals surface area contributed by atoms with Crippen molar-refractivity contribution in [3.63, 3.8) is 0 Å². The molecule has 0 radical (unpaired) electrons. The molecule has 4 heteroatoms. The Morgan fingerprint density at radius 3 is 2.32 bits per heavy atom. The van der Waals surface area contributed by atoms with Gasteiger partial charge in [0.2, 0.25) is 0 Å². The second kappa shape index (κ2) is 7.24. The zero-order valence-electron chi connectivity index (χ0n) is 15.7. The number of rotatable bonds is 4. The average molecular weight is 372 g/mol. The topological polar surface area (TPSA) is 55.8 Å². The molecule has 0 aliphatic carbocycles. The molecular weight excluding hydrogens is 352 g/mol. The Morgan fingerprint density at radius 1 is 0.929 bits per heavy atom. The number of aliphatic hydroxyl groups is 1. The summed E-state index contributed by atoms with van der Waals surface area (Å²) in [6.07, 6.45) is 0. The second-order valence-electron chi connectivity index (χ2n) is 6.66. The molecule has 0 fully saturated rings. The van der Waals surface area contributed by atoms with E-state index in [2.05, 4.69) is 0 Å². The van der Waals surface area contributed by atoms with Crippen molar-refractivity contribution in [2.24, 2.45) is 0 Å². The fraction of sp³-hybridized carbons (Fsp3) is 0.125. The summed E-state index contributed by atoms with van der Waals surface area (Å²) in [6.45, 7) is 1.48. The highest BCUT2D eigenvalue weighted by atomic mass is 16.5. The van der Waals surface area contributed by atoms with E-state index in [-0.39, 0.29) is 11.5 Å². The van der Waals surface area contributed by atoms with Crippen molar-refractivity contribution in [1.29, 1.82) is 0 Å². The Hall–Kier alpha value is -3.53. The molecule has 1 aliphatic rings. The molecule has 0 bridgehead atoms. The largest absolute Gasteiger partial charge is 0.507 e. The third kappa shape index (κ3) is 3.03. The monoisotopic (exact) mass is 372 g/mol. The third-order valence-electron chi connectivity index (χ3n) is 4.95. The summed E-state index contributed by atoms with van der Waals surface area (Å²) < 4.78 is 11.4. The normalized spacial score (nSPS) is 15.6. The fourth-order valence-electron chi connectivity index (χ4n) is 3.64. The number of carbonyl (C=O) groups excluding carboxylic acids is 1.